The number of nitrogen functional groups attached to an aromatic ring is 1. The van der Waals surface area contributed by atoms with E-state index < -0.39 is 5.41 Å². The zero-order valence-electron chi connectivity index (χ0n) is 14.2. The van der Waals surface area contributed by atoms with Gasteiger partial charge in [-0.05, 0) is 66.4 Å². The highest BCUT2D eigenvalue weighted by atomic mass is 16.3. The predicted octanol–water partition coefficient (Wildman–Crippen LogP) is 4.05. The van der Waals surface area contributed by atoms with Crippen LogP contribution in [0.3, 0.4) is 0 Å². The van der Waals surface area contributed by atoms with Crippen LogP contribution in [0, 0.1) is 6.92 Å². The third kappa shape index (κ3) is 2.87. The van der Waals surface area contributed by atoms with Crippen molar-refractivity contribution in [2.45, 2.75) is 19.3 Å². The standard InChI is InChI=1S/C21H21NO3/c1-13-11-15(5-9-19(13)24)21(2,14-3-7-17(23)8-4-14)16-6-10-20(25)18(22)12-16/h3-12,23-25H,22H2,1-2H3. The third-order valence-corrected chi connectivity index (χ3v) is 4.82. The molecule has 5 N–H and O–H groups in total. The van der Waals surface area contributed by atoms with Crippen molar-refractivity contribution in [3.05, 3.63) is 82.9 Å². The molecule has 0 aliphatic rings. The minimum atomic E-state index is -0.575. The smallest absolute Gasteiger partial charge is 0.138 e. The van der Waals surface area contributed by atoms with Crippen molar-refractivity contribution in [2.24, 2.45) is 0 Å². The van der Waals surface area contributed by atoms with Crippen LogP contribution in [0.4, 0.5) is 5.69 Å². The minimum Gasteiger partial charge on any atom is -0.508 e. The Morgan fingerprint density at radius 3 is 1.80 bits per heavy atom. The Labute approximate surface area is 146 Å². The summed E-state index contributed by atoms with van der Waals surface area (Å²) in [5, 5.41) is 29.3. The van der Waals surface area contributed by atoms with Gasteiger partial charge in [-0.1, -0.05) is 30.3 Å². The Hall–Kier alpha value is -3.14. The zero-order chi connectivity index (χ0) is 18.2. The zero-order valence-corrected chi connectivity index (χ0v) is 14.2. The lowest BCUT2D eigenvalue weighted by Gasteiger charge is -2.32. The van der Waals surface area contributed by atoms with Crippen molar-refractivity contribution >= 4 is 5.69 Å². The number of phenolic OH excluding ortho intramolecular Hbond substituents is 3. The minimum absolute atomic E-state index is 0.0405. The highest BCUT2D eigenvalue weighted by Crippen LogP contribution is 2.42. The second-order valence-electron chi connectivity index (χ2n) is 6.45. The lowest BCUT2D eigenvalue weighted by molar-refractivity contribution is 0.470. The number of benzene rings is 3. The first-order valence-electron chi connectivity index (χ1n) is 8.01. The van der Waals surface area contributed by atoms with Crippen LogP contribution in [0.25, 0.3) is 0 Å². The monoisotopic (exact) mass is 335 g/mol. The van der Waals surface area contributed by atoms with Gasteiger partial charge in [-0.15, -0.1) is 0 Å². The van der Waals surface area contributed by atoms with Crippen LogP contribution >= 0.6 is 0 Å². The maximum absolute atomic E-state index is 9.88. The number of phenols is 3. The van der Waals surface area contributed by atoms with E-state index in [9.17, 15) is 15.3 Å². The number of hydrogen-bond donors (Lipinski definition) is 4. The summed E-state index contributed by atoms with van der Waals surface area (Å²) in [7, 11) is 0. The Balaban J connectivity index is 2.28. The van der Waals surface area contributed by atoms with Gasteiger partial charge < -0.3 is 21.1 Å². The predicted molar refractivity (Wildman–Crippen MR) is 99.0 cm³/mol. The summed E-state index contributed by atoms with van der Waals surface area (Å²) in [6, 6.07) is 17.7. The number of nitrogens with two attached hydrogens (primary N) is 1. The van der Waals surface area contributed by atoms with E-state index in [4.69, 9.17) is 5.73 Å². The molecular formula is C21H21NO3. The second-order valence-corrected chi connectivity index (χ2v) is 6.45. The van der Waals surface area contributed by atoms with E-state index in [2.05, 4.69) is 6.92 Å². The fourth-order valence-electron chi connectivity index (χ4n) is 3.13. The number of rotatable bonds is 3. The molecule has 0 bridgehead atoms. The van der Waals surface area contributed by atoms with Crippen molar-refractivity contribution in [1.82, 2.24) is 0 Å². The van der Waals surface area contributed by atoms with Crippen molar-refractivity contribution in [3.8, 4) is 17.2 Å². The molecule has 25 heavy (non-hydrogen) atoms. The lowest BCUT2D eigenvalue weighted by Crippen LogP contribution is -2.25. The van der Waals surface area contributed by atoms with Gasteiger partial charge in [0.1, 0.15) is 17.2 Å². The molecule has 0 aliphatic heterocycles. The summed E-state index contributed by atoms with van der Waals surface area (Å²) in [6.07, 6.45) is 0. The molecule has 0 saturated carbocycles. The van der Waals surface area contributed by atoms with Crippen LogP contribution in [0.1, 0.15) is 29.2 Å². The largest absolute Gasteiger partial charge is 0.508 e. The summed E-state index contributed by atoms with van der Waals surface area (Å²) in [5.74, 6) is 0.471. The molecule has 3 aromatic carbocycles. The summed E-state index contributed by atoms with van der Waals surface area (Å²) in [6.45, 7) is 3.90. The molecular weight excluding hydrogens is 314 g/mol. The molecule has 0 spiro atoms. The molecule has 3 rings (SSSR count). The molecule has 0 radical (unpaired) electrons. The maximum atomic E-state index is 9.88. The third-order valence-electron chi connectivity index (χ3n) is 4.82. The molecule has 0 aliphatic carbocycles. The van der Waals surface area contributed by atoms with Gasteiger partial charge in [0, 0.05) is 5.41 Å². The average Bonchev–Trinajstić information content (AvgIpc) is 2.59. The van der Waals surface area contributed by atoms with Gasteiger partial charge in [-0.3, -0.25) is 0 Å². The van der Waals surface area contributed by atoms with E-state index in [1.165, 1.54) is 0 Å². The fourth-order valence-corrected chi connectivity index (χ4v) is 3.13. The van der Waals surface area contributed by atoms with Crippen molar-refractivity contribution in [3.63, 3.8) is 0 Å². The van der Waals surface area contributed by atoms with Gasteiger partial charge in [-0.2, -0.15) is 0 Å². The van der Waals surface area contributed by atoms with E-state index in [0.29, 0.717) is 5.69 Å². The first kappa shape index (κ1) is 16.7. The lowest BCUT2D eigenvalue weighted by atomic mass is 9.70. The molecule has 128 valence electrons. The highest BCUT2D eigenvalue weighted by Gasteiger charge is 2.32. The molecule has 4 heteroatoms. The Morgan fingerprint density at radius 2 is 1.24 bits per heavy atom. The second kappa shape index (κ2) is 6.06. The molecule has 3 aromatic rings. The molecule has 4 nitrogen and oxygen atoms in total. The molecule has 0 amide bonds. The van der Waals surface area contributed by atoms with Crippen LogP contribution in [0.5, 0.6) is 17.2 Å². The number of aryl methyl sites for hydroxylation is 1. The fraction of sp³-hybridized carbons (Fsp3) is 0.143. The molecule has 1 atom stereocenters. The van der Waals surface area contributed by atoms with Crippen molar-refractivity contribution < 1.29 is 15.3 Å². The Bertz CT molecular complexity index is 865. The van der Waals surface area contributed by atoms with Crippen LogP contribution in [-0.2, 0) is 5.41 Å². The van der Waals surface area contributed by atoms with Gasteiger partial charge in [0.05, 0.1) is 5.69 Å². The number of anilines is 1. The van der Waals surface area contributed by atoms with E-state index in [-0.39, 0.29) is 17.2 Å². The van der Waals surface area contributed by atoms with E-state index in [0.717, 1.165) is 22.3 Å². The van der Waals surface area contributed by atoms with Crippen LogP contribution < -0.4 is 5.73 Å². The number of aromatic hydroxyl groups is 3. The van der Waals surface area contributed by atoms with E-state index in [1.54, 1.807) is 30.3 Å². The van der Waals surface area contributed by atoms with Crippen molar-refractivity contribution in [1.29, 1.82) is 0 Å². The average molecular weight is 335 g/mol. The van der Waals surface area contributed by atoms with E-state index in [1.807, 2.05) is 37.3 Å². The molecule has 0 saturated heterocycles. The van der Waals surface area contributed by atoms with E-state index >= 15 is 0 Å². The normalized spacial score (nSPS) is 13.4. The molecule has 1 unspecified atom stereocenters. The van der Waals surface area contributed by atoms with Gasteiger partial charge in [-0.25, -0.2) is 0 Å². The van der Waals surface area contributed by atoms with Crippen molar-refractivity contribution in [2.75, 3.05) is 5.73 Å². The first-order valence-corrected chi connectivity index (χ1v) is 8.01. The summed E-state index contributed by atoms with van der Waals surface area (Å²) in [4.78, 5) is 0. The van der Waals surface area contributed by atoms with Crippen LogP contribution in [0.15, 0.2) is 60.7 Å². The first-order chi connectivity index (χ1) is 11.8. The maximum Gasteiger partial charge on any atom is 0.138 e. The quantitative estimate of drug-likeness (QED) is 0.330. The van der Waals surface area contributed by atoms with Gasteiger partial charge in [0.25, 0.3) is 0 Å². The molecule has 0 fully saturated rings. The summed E-state index contributed by atoms with van der Waals surface area (Å²) in [5.41, 5.74) is 9.25. The Kier molecular flexibility index (Phi) is 4.05. The van der Waals surface area contributed by atoms with Crippen LogP contribution in [-0.4, -0.2) is 15.3 Å². The number of hydrogen-bond acceptors (Lipinski definition) is 4. The SMILES string of the molecule is Cc1cc(C(C)(c2ccc(O)cc2)c2ccc(O)c(N)c2)ccc1O. The van der Waals surface area contributed by atoms with Gasteiger partial charge >= 0.3 is 0 Å². The topological polar surface area (TPSA) is 86.7 Å². The Morgan fingerprint density at radius 1 is 0.720 bits per heavy atom. The molecule has 0 heterocycles. The summed E-state index contributed by atoms with van der Waals surface area (Å²) < 4.78 is 0. The molecule has 0 aromatic heterocycles. The van der Waals surface area contributed by atoms with Gasteiger partial charge in [0.15, 0.2) is 0 Å². The summed E-state index contributed by atoms with van der Waals surface area (Å²) >= 11 is 0. The van der Waals surface area contributed by atoms with Gasteiger partial charge in [0.2, 0.25) is 0 Å². The van der Waals surface area contributed by atoms with Crippen LogP contribution in [0.2, 0.25) is 0 Å². The highest BCUT2D eigenvalue weighted by molar-refractivity contribution is 5.60.